The number of carbonyl (C=O) groups is 2. The van der Waals surface area contributed by atoms with Gasteiger partial charge in [0, 0.05) is 5.69 Å². The van der Waals surface area contributed by atoms with E-state index in [1.165, 1.54) is 25.1 Å². The molecular formula is C20H17ClF3N5O2S. The van der Waals surface area contributed by atoms with Crippen molar-refractivity contribution < 1.29 is 22.8 Å². The van der Waals surface area contributed by atoms with Gasteiger partial charge in [-0.2, -0.15) is 13.2 Å². The smallest absolute Gasteiger partial charge is 0.322 e. The summed E-state index contributed by atoms with van der Waals surface area (Å²) in [6, 6.07) is 6.21. The van der Waals surface area contributed by atoms with Gasteiger partial charge in [-0.1, -0.05) is 29.9 Å². The molecule has 32 heavy (non-hydrogen) atoms. The van der Waals surface area contributed by atoms with Crippen LogP contribution in [0.2, 0.25) is 5.02 Å². The number of aromatic nitrogens is 3. The lowest BCUT2D eigenvalue weighted by atomic mass is 10.1. The fourth-order valence-electron chi connectivity index (χ4n) is 2.77. The largest absolute Gasteiger partial charge is 0.433 e. The Kier molecular flexibility index (Phi) is 6.79. The van der Waals surface area contributed by atoms with Crippen LogP contribution in [-0.4, -0.2) is 26.4 Å². The Morgan fingerprint density at radius 3 is 2.44 bits per heavy atom. The van der Waals surface area contributed by atoms with Crippen LogP contribution in [0, 0.1) is 6.92 Å². The summed E-state index contributed by atoms with van der Waals surface area (Å²) in [5, 5.41) is 9.43. The van der Waals surface area contributed by atoms with Gasteiger partial charge in [0.15, 0.2) is 0 Å². The van der Waals surface area contributed by atoms with E-state index in [1.54, 1.807) is 0 Å². The van der Waals surface area contributed by atoms with Crippen molar-refractivity contribution in [2.75, 3.05) is 10.6 Å². The van der Waals surface area contributed by atoms with E-state index in [-0.39, 0.29) is 33.6 Å². The molecule has 7 nitrogen and oxygen atoms in total. The molecule has 2 N–H and O–H groups in total. The van der Waals surface area contributed by atoms with Crippen molar-refractivity contribution >= 4 is 46.3 Å². The average molecular weight is 484 g/mol. The van der Waals surface area contributed by atoms with Crippen molar-refractivity contribution in [3.8, 4) is 0 Å². The number of nitrogens with one attached hydrogen (secondary N) is 2. The molecule has 0 aliphatic heterocycles. The number of pyridine rings is 1. The lowest BCUT2D eigenvalue weighted by Gasteiger charge is -2.12. The number of alkyl halides is 3. The zero-order chi connectivity index (χ0) is 23.6. The molecule has 2 amide bonds. The molecule has 0 unspecified atom stereocenters. The average Bonchev–Trinajstić information content (AvgIpc) is 3.20. The molecule has 0 aliphatic carbocycles. The molecule has 3 rings (SSSR count). The summed E-state index contributed by atoms with van der Waals surface area (Å²) >= 11 is 7.13. The number of rotatable bonds is 5. The second-order valence-electron chi connectivity index (χ2n) is 7.07. The van der Waals surface area contributed by atoms with Crippen LogP contribution in [0.25, 0.3) is 0 Å². The van der Waals surface area contributed by atoms with E-state index in [9.17, 15) is 22.8 Å². The molecule has 0 aliphatic rings. The minimum absolute atomic E-state index is 0.00354. The summed E-state index contributed by atoms with van der Waals surface area (Å²) in [6.45, 7) is 5.08. The van der Waals surface area contributed by atoms with Crippen molar-refractivity contribution in [3.63, 3.8) is 0 Å². The normalized spacial score (nSPS) is 11.5. The number of aryl methyl sites for hydroxylation is 1. The highest BCUT2D eigenvalue weighted by atomic mass is 35.5. The first kappa shape index (κ1) is 23.6. The van der Waals surface area contributed by atoms with Gasteiger partial charge >= 0.3 is 6.18 Å². The first-order chi connectivity index (χ1) is 15.0. The highest BCUT2D eigenvalue weighted by molar-refractivity contribution is 7.08. The van der Waals surface area contributed by atoms with Gasteiger partial charge in [0.05, 0.1) is 27.7 Å². The number of amides is 2. The molecule has 0 bridgehead atoms. The molecule has 0 fully saturated rings. The lowest BCUT2D eigenvalue weighted by Crippen LogP contribution is -2.17. The van der Waals surface area contributed by atoms with Crippen molar-refractivity contribution in [2.45, 2.75) is 32.9 Å². The fourth-order valence-corrected chi connectivity index (χ4v) is 3.65. The van der Waals surface area contributed by atoms with E-state index in [0.29, 0.717) is 10.6 Å². The second kappa shape index (κ2) is 9.21. The lowest BCUT2D eigenvalue weighted by molar-refractivity contribution is -0.141. The second-order valence-corrected chi connectivity index (χ2v) is 8.23. The van der Waals surface area contributed by atoms with E-state index in [1.807, 2.05) is 13.8 Å². The molecule has 0 radical (unpaired) electrons. The van der Waals surface area contributed by atoms with Gasteiger partial charge < -0.3 is 10.6 Å². The minimum atomic E-state index is -4.61. The highest BCUT2D eigenvalue weighted by Gasteiger charge is 2.33. The Balaban J connectivity index is 1.79. The van der Waals surface area contributed by atoms with Crippen LogP contribution < -0.4 is 10.6 Å². The van der Waals surface area contributed by atoms with Gasteiger partial charge in [-0.05, 0) is 54.7 Å². The molecule has 1 aromatic carbocycles. The molecule has 0 spiro atoms. The van der Waals surface area contributed by atoms with Crippen LogP contribution >= 0.6 is 23.1 Å². The molecular weight excluding hydrogens is 467 g/mol. The predicted octanol–water partition coefficient (Wildman–Crippen LogP) is 5.54. The zero-order valence-corrected chi connectivity index (χ0v) is 18.6. The number of halogens is 4. The number of hydrogen-bond donors (Lipinski definition) is 2. The van der Waals surface area contributed by atoms with Crippen LogP contribution in [0.1, 0.15) is 56.9 Å². The standard InChI is InChI=1S/C20H17ClF3N5O2S/c1-9(2)16-17(32-29-28-16)19(31)27-14-8-11(4-6-13(14)21)26-18(30)12-5-7-15(20(22,23)24)25-10(12)3/h4-9H,1-3H3,(H,26,30)(H,27,31). The number of anilines is 2. The maximum absolute atomic E-state index is 12.8. The van der Waals surface area contributed by atoms with Crippen molar-refractivity contribution in [2.24, 2.45) is 0 Å². The number of benzene rings is 1. The zero-order valence-electron chi connectivity index (χ0n) is 17.0. The van der Waals surface area contributed by atoms with E-state index in [0.717, 1.165) is 23.7 Å². The van der Waals surface area contributed by atoms with Crippen LogP contribution in [0.5, 0.6) is 0 Å². The van der Waals surface area contributed by atoms with Gasteiger partial charge in [-0.3, -0.25) is 9.59 Å². The van der Waals surface area contributed by atoms with E-state index in [4.69, 9.17) is 11.6 Å². The Bertz CT molecular complexity index is 1180. The summed E-state index contributed by atoms with van der Waals surface area (Å²) in [6.07, 6.45) is -4.61. The van der Waals surface area contributed by atoms with Gasteiger partial charge in [0.1, 0.15) is 10.6 Å². The van der Waals surface area contributed by atoms with Gasteiger partial charge in [-0.15, -0.1) is 5.10 Å². The quantitative estimate of drug-likeness (QED) is 0.496. The number of hydrogen-bond acceptors (Lipinski definition) is 6. The summed E-state index contributed by atoms with van der Waals surface area (Å²) in [5.41, 5.74) is -0.102. The molecule has 168 valence electrons. The van der Waals surface area contributed by atoms with Crippen LogP contribution in [0.4, 0.5) is 24.5 Å². The molecule has 12 heteroatoms. The van der Waals surface area contributed by atoms with E-state index in [2.05, 4.69) is 25.2 Å². The maximum atomic E-state index is 12.8. The molecule has 0 saturated heterocycles. The SMILES string of the molecule is Cc1nc(C(F)(F)F)ccc1C(=O)Nc1ccc(Cl)c(NC(=O)c2snnc2C(C)C)c1. The summed E-state index contributed by atoms with van der Waals surface area (Å²) in [5.74, 6) is -1.11. The van der Waals surface area contributed by atoms with Gasteiger partial charge in [-0.25, -0.2) is 4.98 Å². The fraction of sp³-hybridized carbons (Fsp3) is 0.250. The Hall–Kier alpha value is -3.05. The third-order valence-electron chi connectivity index (χ3n) is 4.36. The van der Waals surface area contributed by atoms with Gasteiger partial charge in [0.2, 0.25) is 0 Å². The summed E-state index contributed by atoms with van der Waals surface area (Å²) in [7, 11) is 0. The molecule has 2 aromatic heterocycles. The Morgan fingerprint density at radius 2 is 1.81 bits per heavy atom. The monoisotopic (exact) mass is 483 g/mol. The van der Waals surface area contributed by atoms with Crippen LogP contribution in [0.3, 0.4) is 0 Å². The molecule has 0 atom stereocenters. The summed E-state index contributed by atoms with van der Waals surface area (Å²) < 4.78 is 42.2. The number of nitrogens with zero attached hydrogens (tertiary/aromatic N) is 3. The molecule has 3 aromatic rings. The minimum Gasteiger partial charge on any atom is -0.322 e. The van der Waals surface area contributed by atoms with Crippen molar-refractivity contribution in [1.29, 1.82) is 0 Å². The Morgan fingerprint density at radius 1 is 1.09 bits per heavy atom. The third-order valence-corrected chi connectivity index (χ3v) is 5.43. The molecule has 0 saturated carbocycles. The highest BCUT2D eigenvalue weighted by Crippen LogP contribution is 2.30. The van der Waals surface area contributed by atoms with Crippen LogP contribution in [0.15, 0.2) is 30.3 Å². The predicted molar refractivity (Wildman–Crippen MR) is 115 cm³/mol. The topological polar surface area (TPSA) is 96.9 Å². The maximum Gasteiger partial charge on any atom is 0.433 e. The van der Waals surface area contributed by atoms with Gasteiger partial charge in [0.25, 0.3) is 11.8 Å². The first-order valence-electron chi connectivity index (χ1n) is 9.26. The first-order valence-corrected chi connectivity index (χ1v) is 10.4. The van der Waals surface area contributed by atoms with Crippen molar-refractivity contribution in [3.05, 3.63) is 62.9 Å². The number of carbonyl (C=O) groups excluding carboxylic acids is 2. The summed E-state index contributed by atoms with van der Waals surface area (Å²) in [4.78, 5) is 29.0. The van der Waals surface area contributed by atoms with Crippen LogP contribution in [-0.2, 0) is 6.18 Å². The Labute approximate surface area is 190 Å². The van der Waals surface area contributed by atoms with E-state index < -0.39 is 23.7 Å². The van der Waals surface area contributed by atoms with Crippen molar-refractivity contribution in [1.82, 2.24) is 14.6 Å². The third kappa shape index (κ3) is 5.22. The molecule has 2 heterocycles. The van der Waals surface area contributed by atoms with E-state index >= 15 is 0 Å².